The molecule has 0 amide bonds. The van der Waals surface area contributed by atoms with Gasteiger partial charge in [-0.1, -0.05) is 13.8 Å². The van der Waals surface area contributed by atoms with Gasteiger partial charge in [-0.15, -0.1) is 0 Å². The predicted octanol–water partition coefficient (Wildman–Crippen LogP) is 2.79. The van der Waals surface area contributed by atoms with Gasteiger partial charge < -0.3 is 0 Å². The van der Waals surface area contributed by atoms with E-state index in [1.54, 1.807) is 12.3 Å². The molecule has 80 valence electrons. The molecule has 0 aliphatic carbocycles. The Balaban J connectivity index is 2.61. The summed E-state index contributed by atoms with van der Waals surface area (Å²) < 4.78 is 26.4. The largest absolute Gasteiger partial charge is 0.280 e. The van der Waals surface area contributed by atoms with Gasteiger partial charge in [-0.2, -0.15) is 5.10 Å². The summed E-state index contributed by atoms with van der Waals surface area (Å²) in [4.78, 5) is 4.10. The maximum atomic E-state index is 12.6. The molecule has 2 aromatic heterocycles. The lowest BCUT2D eigenvalue weighted by molar-refractivity contribution is 0.143. The van der Waals surface area contributed by atoms with E-state index in [9.17, 15) is 8.78 Å². The molecule has 0 radical (unpaired) electrons. The molecule has 0 saturated heterocycles. The molecule has 0 aliphatic heterocycles. The third kappa shape index (κ3) is 1.69. The van der Waals surface area contributed by atoms with Gasteiger partial charge in [0.15, 0.2) is 5.82 Å². The normalized spacial score (nSPS) is 11.9. The SMILES string of the molecule is CC(C)c1ncc2ccc(C(F)F)n2n1. The molecule has 2 aromatic rings. The van der Waals surface area contributed by atoms with E-state index in [1.165, 1.54) is 10.6 Å². The van der Waals surface area contributed by atoms with Crippen molar-refractivity contribution in [2.24, 2.45) is 0 Å². The molecule has 0 N–H and O–H groups in total. The second-order valence-corrected chi connectivity index (χ2v) is 3.67. The van der Waals surface area contributed by atoms with Crippen LogP contribution in [0.5, 0.6) is 0 Å². The molecular weight excluding hydrogens is 200 g/mol. The van der Waals surface area contributed by atoms with Gasteiger partial charge >= 0.3 is 0 Å². The second kappa shape index (κ2) is 3.56. The van der Waals surface area contributed by atoms with Crippen LogP contribution in [0.1, 0.15) is 37.7 Å². The number of nitrogens with zero attached hydrogens (tertiary/aromatic N) is 3. The van der Waals surface area contributed by atoms with E-state index in [0.29, 0.717) is 11.3 Å². The highest BCUT2D eigenvalue weighted by Crippen LogP contribution is 2.21. The van der Waals surface area contributed by atoms with Crippen molar-refractivity contribution >= 4 is 5.52 Å². The van der Waals surface area contributed by atoms with E-state index in [2.05, 4.69) is 10.1 Å². The zero-order valence-electron chi connectivity index (χ0n) is 8.48. The lowest BCUT2D eigenvalue weighted by Crippen LogP contribution is -2.05. The quantitative estimate of drug-likeness (QED) is 0.764. The minimum atomic E-state index is -2.51. The van der Waals surface area contributed by atoms with Crippen LogP contribution in [0.2, 0.25) is 0 Å². The molecule has 0 atom stereocenters. The molecule has 2 rings (SSSR count). The molecule has 15 heavy (non-hydrogen) atoms. The van der Waals surface area contributed by atoms with Crippen molar-refractivity contribution in [1.82, 2.24) is 14.6 Å². The summed E-state index contributed by atoms with van der Waals surface area (Å²) in [6, 6.07) is 2.96. The summed E-state index contributed by atoms with van der Waals surface area (Å²) in [7, 11) is 0. The lowest BCUT2D eigenvalue weighted by Gasteiger charge is -2.05. The van der Waals surface area contributed by atoms with Crippen LogP contribution in [0.4, 0.5) is 8.78 Å². The maximum absolute atomic E-state index is 12.6. The van der Waals surface area contributed by atoms with Crippen LogP contribution in [0.3, 0.4) is 0 Å². The summed E-state index contributed by atoms with van der Waals surface area (Å²) in [6.45, 7) is 3.85. The molecular formula is C10H11F2N3. The third-order valence-corrected chi connectivity index (χ3v) is 2.19. The van der Waals surface area contributed by atoms with Gasteiger partial charge in [-0.3, -0.25) is 0 Å². The van der Waals surface area contributed by atoms with Crippen molar-refractivity contribution < 1.29 is 8.78 Å². The molecule has 0 bridgehead atoms. The molecule has 0 aromatic carbocycles. The molecule has 0 aliphatic rings. The van der Waals surface area contributed by atoms with Crippen molar-refractivity contribution in [3.63, 3.8) is 0 Å². The molecule has 2 heterocycles. The zero-order valence-corrected chi connectivity index (χ0v) is 8.48. The Hall–Kier alpha value is -1.52. The van der Waals surface area contributed by atoms with Gasteiger partial charge in [0, 0.05) is 5.92 Å². The number of rotatable bonds is 2. The predicted molar refractivity (Wildman–Crippen MR) is 52.0 cm³/mol. The molecule has 0 unspecified atom stereocenters. The van der Waals surface area contributed by atoms with Crippen molar-refractivity contribution in [2.75, 3.05) is 0 Å². The van der Waals surface area contributed by atoms with Crippen LogP contribution < -0.4 is 0 Å². The summed E-state index contributed by atoms with van der Waals surface area (Å²) in [6.07, 6.45) is -0.948. The maximum Gasteiger partial charge on any atom is 0.280 e. The number of hydrogen-bond acceptors (Lipinski definition) is 2. The first-order valence-corrected chi connectivity index (χ1v) is 4.72. The Kier molecular flexibility index (Phi) is 2.38. The summed E-state index contributed by atoms with van der Waals surface area (Å²) in [5.74, 6) is 0.697. The molecule has 0 spiro atoms. The van der Waals surface area contributed by atoms with E-state index in [4.69, 9.17) is 0 Å². The van der Waals surface area contributed by atoms with Gasteiger partial charge in [0.25, 0.3) is 6.43 Å². The van der Waals surface area contributed by atoms with Crippen LogP contribution in [-0.4, -0.2) is 14.6 Å². The molecule has 5 heteroatoms. The van der Waals surface area contributed by atoms with Gasteiger partial charge in [0.2, 0.25) is 0 Å². The van der Waals surface area contributed by atoms with E-state index in [-0.39, 0.29) is 11.6 Å². The highest BCUT2D eigenvalue weighted by Gasteiger charge is 2.14. The van der Waals surface area contributed by atoms with Gasteiger partial charge in [-0.05, 0) is 12.1 Å². The van der Waals surface area contributed by atoms with Crippen molar-refractivity contribution in [3.05, 3.63) is 29.8 Å². The lowest BCUT2D eigenvalue weighted by atomic mass is 10.2. The molecule has 0 saturated carbocycles. The fourth-order valence-electron chi connectivity index (χ4n) is 1.36. The number of hydrogen-bond donors (Lipinski definition) is 0. The van der Waals surface area contributed by atoms with Crippen LogP contribution in [0.25, 0.3) is 5.52 Å². The summed E-state index contributed by atoms with van der Waals surface area (Å²) in [5.41, 5.74) is 0.504. The molecule has 3 nitrogen and oxygen atoms in total. The zero-order chi connectivity index (χ0) is 11.0. The Morgan fingerprint density at radius 2 is 2.00 bits per heavy atom. The number of alkyl halides is 2. The summed E-state index contributed by atoms with van der Waals surface area (Å²) >= 11 is 0. The highest BCUT2D eigenvalue weighted by atomic mass is 19.3. The Morgan fingerprint density at radius 3 is 2.60 bits per heavy atom. The number of aromatic nitrogens is 3. The number of halogens is 2. The van der Waals surface area contributed by atoms with Crippen LogP contribution in [0.15, 0.2) is 18.3 Å². The number of fused-ring (bicyclic) bond motifs is 1. The fraction of sp³-hybridized carbons (Fsp3) is 0.400. The van der Waals surface area contributed by atoms with E-state index >= 15 is 0 Å². The van der Waals surface area contributed by atoms with E-state index in [1.807, 2.05) is 13.8 Å². The Morgan fingerprint density at radius 1 is 1.27 bits per heavy atom. The van der Waals surface area contributed by atoms with Crippen molar-refractivity contribution in [2.45, 2.75) is 26.2 Å². The minimum Gasteiger partial charge on any atom is -0.237 e. The van der Waals surface area contributed by atoms with Gasteiger partial charge in [-0.25, -0.2) is 18.3 Å². The second-order valence-electron chi connectivity index (χ2n) is 3.67. The van der Waals surface area contributed by atoms with E-state index in [0.717, 1.165) is 0 Å². The first kappa shape index (κ1) is 10.0. The minimum absolute atomic E-state index is 0.0886. The van der Waals surface area contributed by atoms with Crippen LogP contribution in [-0.2, 0) is 0 Å². The third-order valence-electron chi connectivity index (χ3n) is 2.19. The molecule has 0 fully saturated rings. The first-order chi connectivity index (χ1) is 7.09. The van der Waals surface area contributed by atoms with Crippen LogP contribution >= 0.6 is 0 Å². The topological polar surface area (TPSA) is 30.2 Å². The van der Waals surface area contributed by atoms with E-state index < -0.39 is 6.43 Å². The fourth-order valence-corrected chi connectivity index (χ4v) is 1.36. The smallest absolute Gasteiger partial charge is 0.237 e. The van der Waals surface area contributed by atoms with Crippen molar-refractivity contribution in [3.8, 4) is 0 Å². The Bertz CT molecular complexity index is 476. The Labute approximate surface area is 85.7 Å². The van der Waals surface area contributed by atoms with Gasteiger partial charge in [0.05, 0.1) is 11.7 Å². The average Bonchev–Trinajstić information content (AvgIpc) is 2.59. The highest BCUT2D eigenvalue weighted by molar-refractivity contribution is 5.46. The van der Waals surface area contributed by atoms with Crippen molar-refractivity contribution in [1.29, 1.82) is 0 Å². The monoisotopic (exact) mass is 211 g/mol. The summed E-state index contributed by atoms with van der Waals surface area (Å²) in [5, 5.41) is 4.08. The standard InChI is InChI=1S/C10H11F2N3/c1-6(2)10-13-5-7-3-4-8(9(11)12)15(7)14-10/h3-6,9H,1-2H3. The average molecular weight is 211 g/mol. The first-order valence-electron chi connectivity index (χ1n) is 4.72. The van der Waals surface area contributed by atoms with Crippen LogP contribution in [0, 0.1) is 0 Å². The van der Waals surface area contributed by atoms with Gasteiger partial charge in [0.1, 0.15) is 5.69 Å².